The van der Waals surface area contributed by atoms with Gasteiger partial charge in [-0.25, -0.2) is 8.78 Å². The molecule has 0 radical (unpaired) electrons. The molecule has 0 heterocycles. The first-order valence-corrected chi connectivity index (χ1v) is 6.01. The number of rotatable bonds is 7. The highest BCUT2D eigenvalue weighted by Gasteiger charge is 2.37. The number of hydrogen-bond acceptors (Lipinski definition) is 2. The first-order chi connectivity index (χ1) is 8.40. The molecule has 0 unspecified atom stereocenters. The Morgan fingerprint density at radius 1 is 1.00 bits per heavy atom. The van der Waals surface area contributed by atoms with Crippen molar-refractivity contribution in [3.05, 3.63) is 0 Å². The van der Waals surface area contributed by atoms with Gasteiger partial charge in [-0.05, 0) is 20.3 Å². The lowest BCUT2D eigenvalue weighted by Crippen LogP contribution is -2.28. The number of carbonyl (C=O) groups is 1. The molecule has 0 aliphatic rings. The monoisotopic (exact) mass is 290 g/mol. The predicted octanol–water partition coefficient (Wildman–Crippen LogP) is 4.33. The second kappa shape index (κ2) is 6.52. The fourth-order valence-electron chi connectivity index (χ4n) is 1.08. The van der Waals surface area contributed by atoms with Crippen molar-refractivity contribution in [2.75, 3.05) is 6.61 Å². The highest BCUT2D eigenvalue weighted by Crippen LogP contribution is 2.31. The van der Waals surface area contributed by atoms with Crippen LogP contribution in [0.3, 0.4) is 0 Å². The average molecular weight is 290 g/mol. The largest absolute Gasteiger partial charge is 0.465 e. The standard InChI is InChI=1S/C12H19F5O2/c1-4-10(2,3)9(18)19-8-7-11(13,14)5-6-12(15,16)17/h4-8H2,1-3H3. The summed E-state index contributed by atoms with van der Waals surface area (Å²) in [5, 5.41) is 0. The van der Waals surface area contributed by atoms with Crippen molar-refractivity contribution in [2.24, 2.45) is 5.41 Å². The molecule has 2 nitrogen and oxygen atoms in total. The van der Waals surface area contributed by atoms with Crippen LogP contribution in [0.15, 0.2) is 0 Å². The summed E-state index contributed by atoms with van der Waals surface area (Å²) in [5.41, 5.74) is -0.777. The molecule has 0 saturated heterocycles. The molecule has 0 amide bonds. The van der Waals surface area contributed by atoms with Crippen LogP contribution in [-0.4, -0.2) is 24.7 Å². The van der Waals surface area contributed by atoms with E-state index in [1.54, 1.807) is 20.8 Å². The van der Waals surface area contributed by atoms with Gasteiger partial charge in [0.15, 0.2) is 0 Å². The van der Waals surface area contributed by atoms with Crippen molar-refractivity contribution in [1.82, 2.24) is 0 Å². The average Bonchev–Trinajstić information content (AvgIpc) is 2.25. The van der Waals surface area contributed by atoms with Gasteiger partial charge in [0.1, 0.15) is 0 Å². The maximum Gasteiger partial charge on any atom is 0.389 e. The highest BCUT2D eigenvalue weighted by molar-refractivity contribution is 5.75. The van der Waals surface area contributed by atoms with E-state index in [0.29, 0.717) is 6.42 Å². The van der Waals surface area contributed by atoms with Gasteiger partial charge in [-0.15, -0.1) is 0 Å². The van der Waals surface area contributed by atoms with E-state index < -0.39 is 49.4 Å². The molecule has 0 aromatic rings. The van der Waals surface area contributed by atoms with Gasteiger partial charge in [0.25, 0.3) is 5.92 Å². The predicted molar refractivity (Wildman–Crippen MR) is 59.9 cm³/mol. The van der Waals surface area contributed by atoms with Gasteiger partial charge >= 0.3 is 12.1 Å². The first-order valence-electron chi connectivity index (χ1n) is 6.01. The molecule has 0 spiro atoms. The van der Waals surface area contributed by atoms with Crippen molar-refractivity contribution in [3.63, 3.8) is 0 Å². The molecular formula is C12H19F5O2. The third-order valence-electron chi connectivity index (χ3n) is 2.91. The first kappa shape index (κ1) is 18.1. The third-order valence-corrected chi connectivity index (χ3v) is 2.91. The topological polar surface area (TPSA) is 26.3 Å². The molecule has 0 aromatic heterocycles. The Balaban J connectivity index is 4.09. The van der Waals surface area contributed by atoms with E-state index in [1.807, 2.05) is 0 Å². The van der Waals surface area contributed by atoms with Crippen molar-refractivity contribution in [3.8, 4) is 0 Å². The second-order valence-corrected chi connectivity index (χ2v) is 5.09. The quantitative estimate of drug-likeness (QED) is 0.515. The Kier molecular flexibility index (Phi) is 6.22. The number of hydrogen-bond donors (Lipinski definition) is 0. The number of carbonyl (C=O) groups excluding carboxylic acids is 1. The summed E-state index contributed by atoms with van der Waals surface area (Å²) in [4.78, 5) is 11.5. The molecule has 19 heavy (non-hydrogen) atoms. The maximum atomic E-state index is 13.1. The van der Waals surface area contributed by atoms with E-state index in [9.17, 15) is 26.7 Å². The number of alkyl halides is 5. The summed E-state index contributed by atoms with van der Waals surface area (Å²) in [6.07, 6.45) is -7.85. The SMILES string of the molecule is CCC(C)(C)C(=O)OCCC(F)(F)CCC(F)(F)F. The van der Waals surface area contributed by atoms with Gasteiger partial charge < -0.3 is 4.74 Å². The number of halogens is 5. The fourth-order valence-corrected chi connectivity index (χ4v) is 1.08. The highest BCUT2D eigenvalue weighted by atomic mass is 19.4. The van der Waals surface area contributed by atoms with Crippen LogP contribution in [-0.2, 0) is 9.53 Å². The zero-order chi connectivity index (χ0) is 15.3. The third kappa shape index (κ3) is 8.00. The van der Waals surface area contributed by atoms with Gasteiger partial charge in [0, 0.05) is 19.3 Å². The van der Waals surface area contributed by atoms with E-state index >= 15 is 0 Å². The smallest absolute Gasteiger partial charge is 0.389 e. The lowest BCUT2D eigenvalue weighted by Gasteiger charge is -2.22. The molecule has 0 bridgehead atoms. The summed E-state index contributed by atoms with van der Waals surface area (Å²) in [6.45, 7) is 4.39. The summed E-state index contributed by atoms with van der Waals surface area (Å²) < 4.78 is 66.3. The van der Waals surface area contributed by atoms with Crippen LogP contribution in [0.2, 0.25) is 0 Å². The van der Waals surface area contributed by atoms with E-state index in [4.69, 9.17) is 0 Å². The molecule has 114 valence electrons. The lowest BCUT2D eigenvalue weighted by atomic mass is 9.91. The van der Waals surface area contributed by atoms with E-state index in [-0.39, 0.29) is 0 Å². The van der Waals surface area contributed by atoms with Crippen molar-refractivity contribution in [1.29, 1.82) is 0 Å². The molecule has 0 aliphatic carbocycles. The van der Waals surface area contributed by atoms with Crippen LogP contribution in [0, 0.1) is 5.41 Å². The number of esters is 1. The minimum absolute atomic E-state index is 0.482. The Bertz CT molecular complexity index is 297. The lowest BCUT2D eigenvalue weighted by molar-refractivity contribution is -0.162. The van der Waals surface area contributed by atoms with Gasteiger partial charge in [-0.3, -0.25) is 4.79 Å². The Morgan fingerprint density at radius 3 is 1.95 bits per heavy atom. The zero-order valence-electron chi connectivity index (χ0n) is 11.2. The zero-order valence-corrected chi connectivity index (χ0v) is 11.2. The molecule has 0 fully saturated rings. The normalized spacial score (nSPS) is 13.5. The molecular weight excluding hydrogens is 271 g/mol. The molecule has 0 N–H and O–H groups in total. The van der Waals surface area contributed by atoms with Gasteiger partial charge in [-0.2, -0.15) is 13.2 Å². The van der Waals surface area contributed by atoms with Gasteiger partial charge in [0.05, 0.1) is 12.0 Å². The Hall–Kier alpha value is -0.880. The van der Waals surface area contributed by atoms with Gasteiger partial charge in [-0.1, -0.05) is 6.92 Å². The van der Waals surface area contributed by atoms with Crippen LogP contribution in [0.25, 0.3) is 0 Å². The summed E-state index contributed by atoms with van der Waals surface area (Å²) >= 11 is 0. The summed E-state index contributed by atoms with van der Waals surface area (Å²) in [5.74, 6) is -4.10. The van der Waals surface area contributed by atoms with Crippen molar-refractivity contribution < 1.29 is 31.5 Å². The molecule has 7 heteroatoms. The minimum atomic E-state index is -4.61. The van der Waals surface area contributed by atoms with E-state index in [0.717, 1.165) is 0 Å². The molecule has 0 saturated carbocycles. The van der Waals surface area contributed by atoms with Crippen LogP contribution < -0.4 is 0 Å². The number of ether oxygens (including phenoxy) is 1. The van der Waals surface area contributed by atoms with Crippen LogP contribution in [0.1, 0.15) is 46.5 Å². The molecule has 0 aliphatic heterocycles. The molecule has 0 aromatic carbocycles. The molecule has 0 rings (SSSR count). The van der Waals surface area contributed by atoms with Crippen molar-refractivity contribution in [2.45, 2.75) is 58.6 Å². The van der Waals surface area contributed by atoms with E-state index in [1.165, 1.54) is 0 Å². The second-order valence-electron chi connectivity index (χ2n) is 5.09. The maximum absolute atomic E-state index is 13.1. The Morgan fingerprint density at radius 2 is 1.53 bits per heavy atom. The minimum Gasteiger partial charge on any atom is -0.465 e. The molecule has 0 atom stereocenters. The van der Waals surface area contributed by atoms with Crippen LogP contribution in [0.5, 0.6) is 0 Å². The fraction of sp³-hybridized carbons (Fsp3) is 0.917. The van der Waals surface area contributed by atoms with E-state index in [2.05, 4.69) is 4.74 Å². The Labute approximate surface area is 109 Å². The van der Waals surface area contributed by atoms with Crippen LogP contribution in [0.4, 0.5) is 22.0 Å². The van der Waals surface area contributed by atoms with Crippen LogP contribution >= 0.6 is 0 Å². The van der Waals surface area contributed by atoms with Gasteiger partial charge in [0.2, 0.25) is 0 Å². The summed E-state index contributed by atoms with van der Waals surface area (Å²) in [6, 6.07) is 0. The summed E-state index contributed by atoms with van der Waals surface area (Å²) in [7, 11) is 0. The van der Waals surface area contributed by atoms with Crippen molar-refractivity contribution >= 4 is 5.97 Å².